The predicted molar refractivity (Wildman–Crippen MR) is 120 cm³/mol. The molecule has 1 amide bonds. The van der Waals surface area contributed by atoms with Crippen LogP contribution in [0.25, 0.3) is 0 Å². The number of carbonyl (C=O) groups is 3. The van der Waals surface area contributed by atoms with Gasteiger partial charge in [-0.3, -0.25) is 9.59 Å². The predicted octanol–water partition coefficient (Wildman–Crippen LogP) is 1.80. The van der Waals surface area contributed by atoms with E-state index in [0.717, 1.165) is 43.9 Å². The van der Waals surface area contributed by atoms with Gasteiger partial charge in [0.2, 0.25) is 0 Å². The zero-order chi connectivity index (χ0) is 22.2. The Bertz CT molecular complexity index is 901. The Hall–Kier alpha value is -3.19. The van der Waals surface area contributed by atoms with Crippen LogP contribution < -0.4 is 15.1 Å². The van der Waals surface area contributed by atoms with E-state index >= 15 is 0 Å². The van der Waals surface area contributed by atoms with Crippen LogP contribution in [-0.2, 0) is 9.53 Å². The number of esters is 1. The van der Waals surface area contributed by atoms with E-state index < -0.39 is 0 Å². The summed E-state index contributed by atoms with van der Waals surface area (Å²) < 4.78 is 5.11. The molecule has 0 saturated carbocycles. The second kappa shape index (κ2) is 10.7. The number of hydrogen-bond acceptors (Lipinski definition) is 5. The third-order valence-corrected chi connectivity index (χ3v) is 5.36. The number of amides is 1. The minimum Gasteiger partial charge on any atom is -0.462 e. The number of ketones is 1. The lowest BCUT2D eigenvalue weighted by molar-refractivity contribution is -0.892. The number of carbonyl (C=O) groups excluding carboxylic acids is 3. The summed E-state index contributed by atoms with van der Waals surface area (Å²) in [5.41, 5.74) is 2.96. The Labute approximate surface area is 183 Å². The molecule has 0 spiro atoms. The minimum absolute atomic E-state index is 0.0458. The van der Waals surface area contributed by atoms with Gasteiger partial charge < -0.3 is 19.9 Å². The Balaban J connectivity index is 1.44. The summed E-state index contributed by atoms with van der Waals surface area (Å²) in [6, 6.07) is 14.5. The highest BCUT2D eigenvalue weighted by Crippen LogP contribution is 2.15. The summed E-state index contributed by atoms with van der Waals surface area (Å²) in [7, 11) is 0. The van der Waals surface area contributed by atoms with Crippen LogP contribution in [0.5, 0.6) is 0 Å². The van der Waals surface area contributed by atoms with E-state index in [1.165, 1.54) is 4.90 Å². The first-order valence-corrected chi connectivity index (χ1v) is 10.7. The molecule has 1 aliphatic heterocycles. The molecule has 0 aliphatic carbocycles. The number of hydrogen-bond donors (Lipinski definition) is 2. The van der Waals surface area contributed by atoms with Crippen LogP contribution in [0.3, 0.4) is 0 Å². The third kappa shape index (κ3) is 6.39. The second-order valence-corrected chi connectivity index (χ2v) is 7.78. The Morgan fingerprint density at radius 1 is 0.968 bits per heavy atom. The van der Waals surface area contributed by atoms with Gasteiger partial charge in [0.15, 0.2) is 12.3 Å². The van der Waals surface area contributed by atoms with Gasteiger partial charge in [-0.1, -0.05) is 6.92 Å². The number of rotatable bonds is 8. The highest BCUT2D eigenvalue weighted by atomic mass is 16.5. The average Bonchev–Trinajstić information content (AvgIpc) is 2.78. The van der Waals surface area contributed by atoms with E-state index in [1.54, 1.807) is 31.2 Å². The fourth-order valence-corrected chi connectivity index (χ4v) is 3.56. The zero-order valence-electron chi connectivity index (χ0n) is 18.1. The van der Waals surface area contributed by atoms with Gasteiger partial charge in [-0.25, -0.2) is 4.79 Å². The molecule has 3 rings (SSSR count). The molecular formula is C24H30N3O4+. The molecule has 0 atom stereocenters. The fourth-order valence-electron chi connectivity index (χ4n) is 3.56. The van der Waals surface area contributed by atoms with Crippen molar-refractivity contribution in [2.45, 2.75) is 20.3 Å². The van der Waals surface area contributed by atoms with Crippen molar-refractivity contribution >= 4 is 29.0 Å². The molecule has 2 aromatic rings. The maximum Gasteiger partial charge on any atom is 0.338 e. The molecule has 7 heteroatoms. The van der Waals surface area contributed by atoms with Crippen LogP contribution >= 0.6 is 0 Å². The molecule has 1 fully saturated rings. The minimum atomic E-state index is -0.349. The molecule has 0 aromatic heterocycles. The van der Waals surface area contributed by atoms with Crippen molar-refractivity contribution in [3.05, 3.63) is 59.7 Å². The monoisotopic (exact) mass is 424 g/mol. The van der Waals surface area contributed by atoms with Crippen LogP contribution in [0.4, 0.5) is 11.4 Å². The van der Waals surface area contributed by atoms with Gasteiger partial charge in [0.1, 0.15) is 0 Å². The lowest BCUT2D eigenvalue weighted by Crippen LogP contribution is -3.15. The van der Waals surface area contributed by atoms with Crippen molar-refractivity contribution in [3.63, 3.8) is 0 Å². The highest BCUT2D eigenvalue weighted by Gasteiger charge is 2.22. The van der Waals surface area contributed by atoms with Crippen molar-refractivity contribution in [1.82, 2.24) is 0 Å². The van der Waals surface area contributed by atoms with E-state index in [2.05, 4.69) is 10.2 Å². The van der Waals surface area contributed by atoms with Crippen LogP contribution in [-0.4, -0.2) is 57.0 Å². The van der Waals surface area contributed by atoms with Crippen molar-refractivity contribution in [2.24, 2.45) is 0 Å². The van der Waals surface area contributed by atoms with Crippen LogP contribution in [0.1, 0.15) is 41.0 Å². The number of nitrogens with zero attached hydrogens (tertiary/aromatic N) is 1. The van der Waals surface area contributed by atoms with E-state index in [4.69, 9.17) is 4.74 Å². The third-order valence-electron chi connectivity index (χ3n) is 5.36. The number of Topliss-reactive ketones (excluding diaryl/α,β-unsaturated/α-hetero) is 1. The van der Waals surface area contributed by atoms with Gasteiger partial charge in [0.05, 0.1) is 38.3 Å². The van der Waals surface area contributed by atoms with E-state index in [1.807, 2.05) is 31.2 Å². The first kappa shape index (κ1) is 22.5. The van der Waals surface area contributed by atoms with Gasteiger partial charge in [-0.2, -0.15) is 0 Å². The second-order valence-electron chi connectivity index (χ2n) is 7.78. The first-order valence-electron chi connectivity index (χ1n) is 10.7. The number of anilines is 2. The van der Waals surface area contributed by atoms with Crippen molar-refractivity contribution in [2.75, 3.05) is 49.5 Å². The zero-order valence-corrected chi connectivity index (χ0v) is 18.1. The van der Waals surface area contributed by atoms with E-state index in [0.29, 0.717) is 24.4 Å². The molecule has 7 nitrogen and oxygen atoms in total. The van der Waals surface area contributed by atoms with Gasteiger partial charge >= 0.3 is 5.97 Å². The SMILES string of the molecule is CCCOC(=O)c1ccc(NC(=O)C[NH+]2CCN(c3ccc(C(C)=O)cc3)CC2)cc1. The summed E-state index contributed by atoms with van der Waals surface area (Å²) in [5, 5.41) is 2.90. The van der Waals surface area contributed by atoms with Crippen molar-refractivity contribution in [1.29, 1.82) is 0 Å². The molecular weight excluding hydrogens is 394 g/mol. The molecule has 0 unspecified atom stereocenters. The summed E-state index contributed by atoms with van der Waals surface area (Å²) >= 11 is 0. The maximum atomic E-state index is 12.4. The van der Waals surface area contributed by atoms with Gasteiger partial charge in [0, 0.05) is 16.9 Å². The number of ether oxygens (including phenoxy) is 1. The van der Waals surface area contributed by atoms with Crippen LogP contribution in [0.15, 0.2) is 48.5 Å². The standard InChI is InChI=1S/C24H29N3O4/c1-3-16-31-24(30)20-4-8-21(9-5-20)25-23(29)17-26-12-14-27(15-13-26)22-10-6-19(7-11-22)18(2)28/h4-11H,3,12-17H2,1-2H3,(H,25,29)/p+1. The lowest BCUT2D eigenvalue weighted by Gasteiger charge is -2.33. The number of piperazine rings is 1. The average molecular weight is 425 g/mol. The highest BCUT2D eigenvalue weighted by molar-refractivity contribution is 5.94. The lowest BCUT2D eigenvalue weighted by atomic mass is 10.1. The first-order chi connectivity index (χ1) is 15.0. The molecule has 31 heavy (non-hydrogen) atoms. The maximum absolute atomic E-state index is 12.4. The van der Waals surface area contributed by atoms with Gasteiger partial charge in [-0.15, -0.1) is 0 Å². The largest absolute Gasteiger partial charge is 0.462 e. The normalized spacial score (nSPS) is 14.2. The van der Waals surface area contributed by atoms with Crippen LogP contribution in [0, 0.1) is 0 Å². The van der Waals surface area contributed by atoms with E-state index in [-0.39, 0.29) is 17.7 Å². The molecule has 1 saturated heterocycles. The quantitative estimate of drug-likeness (QED) is 0.499. The smallest absolute Gasteiger partial charge is 0.338 e. The molecule has 2 aromatic carbocycles. The molecule has 2 N–H and O–H groups in total. The summed E-state index contributed by atoms with van der Waals surface area (Å²) in [6.07, 6.45) is 0.780. The molecule has 164 valence electrons. The summed E-state index contributed by atoms with van der Waals surface area (Å²) in [6.45, 7) is 7.76. The summed E-state index contributed by atoms with van der Waals surface area (Å²) in [4.78, 5) is 39.2. The number of benzene rings is 2. The molecule has 0 radical (unpaired) electrons. The van der Waals surface area contributed by atoms with Crippen LogP contribution in [0.2, 0.25) is 0 Å². The van der Waals surface area contributed by atoms with Crippen molar-refractivity contribution < 1.29 is 24.0 Å². The Kier molecular flexibility index (Phi) is 7.78. The number of quaternary nitrogens is 1. The topological polar surface area (TPSA) is 80.2 Å². The Morgan fingerprint density at radius 2 is 1.58 bits per heavy atom. The fraction of sp³-hybridized carbons (Fsp3) is 0.375. The van der Waals surface area contributed by atoms with Crippen molar-refractivity contribution in [3.8, 4) is 0 Å². The van der Waals surface area contributed by atoms with Gasteiger partial charge in [-0.05, 0) is 61.9 Å². The number of nitrogens with one attached hydrogen (secondary N) is 2. The van der Waals surface area contributed by atoms with E-state index in [9.17, 15) is 14.4 Å². The van der Waals surface area contributed by atoms with Gasteiger partial charge in [0.25, 0.3) is 5.91 Å². The Morgan fingerprint density at radius 3 is 2.16 bits per heavy atom. The molecule has 0 bridgehead atoms. The summed E-state index contributed by atoms with van der Waals surface area (Å²) in [5.74, 6) is -0.327. The molecule has 1 heterocycles. The molecule has 1 aliphatic rings.